The number of nitrogens with zero attached hydrogens (tertiary/aromatic N) is 3. The van der Waals surface area contributed by atoms with Gasteiger partial charge < -0.3 is 10.2 Å². The first-order valence-corrected chi connectivity index (χ1v) is 10.8. The van der Waals surface area contributed by atoms with E-state index >= 15 is 0 Å². The van der Waals surface area contributed by atoms with Gasteiger partial charge in [-0.1, -0.05) is 23.7 Å². The number of halogens is 5. The van der Waals surface area contributed by atoms with Gasteiger partial charge in [-0.3, -0.25) is 4.79 Å². The van der Waals surface area contributed by atoms with E-state index in [2.05, 4.69) is 10.4 Å². The lowest BCUT2D eigenvalue weighted by molar-refractivity contribution is -0.143. The number of nitrogens with one attached hydrogen (secondary N) is 1. The van der Waals surface area contributed by atoms with E-state index in [1.165, 1.54) is 41.3 Å². The van der Waals surface area contributed by atoms with Gasteiger partial charge in [0, 0.05) is 30.7 Å². The zero-order valence-electron chi connectivity index (χ0n) is 17.4. The molecule has 2 heterocycles. The van der Waals surface area contributed by atoms with Gasteiger partial charge in [-0.15, -0.1) is 0 Å². The Morgan fingerprint density at radius 3 is 2.30 bits per heavy atom. The Labute approximate surface area is 193 Å². The normalized spacial score (nSPS) is 15.1. The molecule has 5 nitrogen and oxygen atoms in total. The van der Waals surface area contributed by atoms with E-state index in [4.69, 9.17) is 11.6 Å². The average molecular weight is 481 g/mol. The van der Waals surface area contributed by atoms with Gasteiger partial charge in [0.2, 0.25) is 0 Å². The molecule has 0 radical (unpaired) electrons. The van der Waals surface area contributed by atoms with Crippen LogP contribution in [0.25, 0.3) is 5.69 Å². The molecule has 174 valence electrons. The van der Waals surface area contributed by atoms with Crippen molar-refractivity contribution in [3.05, 3.63) is 82.4 Å². The largest absolute Gasteiger partial charge is 0.434 e. The van der Waals surface area contributed by atoms with Crippen molar-refractivity contribution < 1.29 is 22.4 Å². The third-order valence-electron chi connectivity index (χ3n) is 5.63. The van der Waals surface area contributed by atoms with Crippen LogP contribution in [-0.2, 0) is 12.7 Å². The van der Waals surface area contributed by atoms with Crippen LogP contribution in [0.15, 0.2) is 54.7 Å². The number of likely N-dealkylation sites (tertiary alicyclic amines) is 1. The van der Waals surface area contributed by atoms with Crippen molar-refractivity contribution in [2.45, 2.75) is 31.6 Å². The lowest BCUT2D eigenvalue weighted by atomic mass is 10.0. The van der Waals surface area contributed by atoms with Crippen LogP contribution in [0, 0.1) is 5.82 Å². The molecular weight excluding hydrogens is 460 g/mol. The van der Waals surface area contributed by atoms with E-state index in [-0.39, 0.29) is 17.5 Å². The van der Waals surface area contributed by atoms with Gasteiger partial charge in [0.05, 0.1) is 17.4 Å². The maximum atomic E-state index is 13.9. The number of hydrogen-bond acceptors (Lipinski definition) is 3. The second-order valence-electron chi connectivity index (χ2n) is 7.87. The van der Waals surface area contributed by atoms with Gasteiger partial charge in [-0.05, 0) is 54.8 Å². The number of piperidine rings is 1. The van der Waals surface area contributed by atoms with E-state index in [1.54, 1.807) is 12.1 Å². The number of benzene rings is 2. The Kier molecular flexibility index (Phi) is 6.71. The van der Waals surface area contributed by atoms with Crippen LogP contribution >= 0.6 is 11.6 Å². The summed E-state index contributed by atoms with van der Waals surface area (Å²) in [6.45, 7) is 1.19. The van der Waals surface area contributed by atoms with E-state index in [0.29, 0.717) is 37.5 Å². The minimum Gasteiger partial charge on any atom is -0.338 e. The van der Waals surface area contributed by atoms with Crippen LogP contribution in [0.5, 0.6) is 0 Å². The van der Waals surface area contributed by atoms with Gasteiger partial charge in [0.15, 0.2) is 5.69 Å². The van der Waals surface area contributed by atoms with Crippen molar-refractivity contribution in [2.75, 3.05) is 13.1 Å². The summed E-state index contributed by atoms with van der Waals surface area (Å²) in [5.41, 5.74) is -0.490. The first kappa shape index (κ1) is 23.3. The highest BCUT2D eigenvalue weighted by Crippen LogP contribution is 2.34. The summed E-state index contributed by atoms with van der Waals surface area (Å²) in [6.07, 6.45) is -2.60. The third kappa shape index (κ3) is 5.36. The summed E-state index contributed by atoms with van der Waals surface area (Å²) in [4.78, 5) is 14.4. The van der Waals surface area contributed by atoms with Gasteiger partial charge in [0.25, 0.3) is 5.91 Å². The fourth-order valence-electron chi connectivity index (χ4n) is 3.88. The molecule has 3 aromatic rings. The predicted molar refractivity (Wildman–Crippen MR) is 116 cm³/mol. The molecule has 1 amide bonds. The van der Waals surface area contributed by atoms with Crippen LogP contribution in [0.4, 0.5) is 17.6 Å². The number of alkyl halides is 3. The molecule has 33 heavy (non-hydrogen) atoms. The highest BCUT2D eigenvalue weighted by atomic mass is 35.5. The molecule has 1 aromatic heterocycles. The van der Waals surface area contributed by atoms with Crippen molar-refractivity contribution in [1.82, 2.24) is 20.0 Å². The maximum Gasteiger partial charge on any atom is 0.434 e. The molecule has 10 heteroatoms. The van der Waals surface area contributed by atoms with E-state index in [9.17, 15) is 22.4 Å². The zero-order valence-corrected chi connectivity index (χ0v) is 18.2. The Hall–Kier alpha value is -2.91. The standard InChI is InChI=1S/C23H21ClF4N4O/c24-16-3-7-19(8-4-16)32-21(23(26,27)28)20(14-30-32)22(33)31-11-9-18(10-12-31)29-13-15-1-5-17(25)6-2-15/h1-8,14,18,29H,9-13H2. The van der Waals surface area contributed by atoms with Gasteiger partial charge in [0.1, 0.15) is 5.82 Å². The number of amides is 1. The first-order valence-electron chi connectivity index (χ1n) is 10.4. The number of rotatable bonds is 5. The molecule has 1 fully saturated rings. The average Bonchev–Trinajstić information content (AvgIpc) is 3.25. The van der Waals surface area contributed by atoms with Crippen LogP contribution in [0.1, 0.15) is 34.5 Å². The lowest BCUT2D eigenvalue weighted by Gasteiger charge is -2.32. The molecule has 1 saturated heterocycles. The topological polar surface area (TPSA) is 50.2 Å². The molecule has 1 aliphatic rings. The monoisotopic (exact) mass is 480 g/mol. The molecule has 0 spiro atoms. The molecule has 0 bridgehead atoms. The lowest BCUT2D eigenvalue weighted by Crippen LogP contribution is -2.45. The second kappa shape index (κ2) is 9.52. The van der Waals surface area contributed by atoms with Gasteiger partial charge in [-0.25, -0.2) is 9.07 Å². The van der Waals surface area contributed by atoms with E-state index in [0.717, 1.165) is 16.4 Å². The molecule has 0 saturated carbocycles. The Balaban J connectivity index is 1.44. The zero-order chi connectivity index (χ0) is 23.6. The van der Waals surface area contributed by atoms with Crippen molar-refractivity contribution in [3.63, 3.8) is 0 Å². The molecule has 1 aliphatic heterocycles. The summed E-state index contributed by atoms with van der Waals surface area (Å²) in [5, 5.41) is 7.59. The number of carbonyl (C=O) groups excluding carboxylic acids is 1. The first-order chi connectivity index (χ1) is 15.7. The quantitative estimate of drug-likeness (QED) is 0.518. The van der Waals surface area contributed by atoms with Crippen LogP contribution in [0.3, 0.4) is 0 Å². The highest BCUT2D eigenvalue weighted by molar-refractivity contribution is 6.30. The third-order valence-corrected chi connectivity index (χ3v) is 5.88. The van der Waals surface area contributed by atoms with Gasteiger partial charge >= 0.3 is 6.18 Å². The minimum atomic E-state index is -4.77. The molecule has 0 aliphatic carbocycles. The van der Waals surface area contributed by atoms with Crippen molar-refractivity contribution in [2.24, 2.45) is 0 Å². The highest BCUT2D eigenvalue weighted by Gasteiger charge is 2.41. The Morgan fingerprint density at radius 2 is 1.70 bits per heavy atom. The minimum absolute atomic E-state index is 0.109. The molecule has 4 rings (SSSR count). The SMILES string of the molecule is O=C(c1cnn(-c2ccc(Cl)cc2)c1C(F)(F)F)N1CCC(NCc2ccc(F)cc2)CC1. The summed E-state index contributed by atoms with van der Waals surface area (Å²) < 4.78 is 55.4. The maximum absolute atomic E-state index is 13.9. The van der Waals surface area contributed by atoms with Crippen molar-refractivity contribution >= 4 is 17.5 Å². The second-order valence-corrected chi connectivity index (χ2v) is 8.30. The smallest absolute Gasteiger partial charge is 0.338 e. The molecule has 0 atom stereocenters. The Bertz CT molecular complexity index is 1100. The van der Waals surface area contributed by atoms with Crippen molar-refractivity contribution in [1.29, 1.82) is 0 Å². The number of hydrogen-bond donors (Lipinski definition) is 1. The number of carbonyl (C=O) groups is 1. The summed E-state index contributed by atoms with van der Waals surface area (Å²) in [5.74, 6) is -0.997. The molecule has 1 N–H and O–H groups in total. The van der Waals surface area contributed by atoms with Crippen LogP contribution in [0.2, 0.25) is 5.02 Å². The number of aromatic nitrogens is 2. The van der Waals surface area contributed by atoms with Gasteiger partial charge in [-0.2, -0.15) is 18.3 Å². The molecular formula is C23H21ClF4N4O. The van der Waals surface area contributed by atoms with Crippen molar-refractivity contribution in [3.8, 4) is 5.69 Å². The molecule has 2 aromatic carbocycles. The summed E-state index contributed by atoms with van der Waals surface area (Å²) in [6, 6.07) is 12.0. The summed E-state index contributed by atoms with van der Waals surface area (Å²) in [7, 11) is 0. The summed E-state index contributed by atoms with van der Waals surface area (Å²) >= 11 is 5.83. The van der Waals surface area contributed by atoms with E-state index in [1.807, 2.05) is 0 Å². The fraction of sp³-hybridized carbons (Fsp3) is 0.304. The Morgan fingerprint density at radius 1 is 1.06 bits per heavy atom. The fourth-order valence-corrected chi connectivity index (χ4v) is 4.00. The predicted octanol–water partition coefficient (Wildman–Crippen LogP) is 5.08. The van der Waals surface area contributed by atoms with Crippen LogP contribution < -0.4 is 5.32 Å². The molecule has 0 unspecified atom stereocenters. The van der Waals surface area contributed by atoms with E-state index < -0.39 is 23.3 Å². The van der Waals surface area contributed by atoms with Crippen LogP contribution in [-0.4, -0.2) is 39.7 Å².